The molecule has 0 bridgehead atoms. The Hall–Kier alpha value is -3.56. The number of esters is 1. The van der Waals surface area contributed by atoms with Crippen LogP contribution in [0.25, 0.3) is 22.5 Å². The quantitative estimate of drug-likeness (QED) is 0.219. The van der Waals surface area contributed by atoms with E-state index in [0.29, 0.717) is 27.2 Å². The van der Waals surface area contributed by atoms with Crippen LogP contribution in [0.5, 0.6) is 0 Å². The van der Waals surface area contributed by atoms with Crippen LogP contribution in [0.2, 0.25) is 0 Å². The van der Waals surface area contributed by atoms with Crippen molar-refractivity contribution in [2.45, 2.75) is 37.3 Å². The number of thioether (sulfide) groups is 1. The molecule has 2 aromatic heterocycles. The zero-order chi connectivity index (χ0) is 25.6. The number of aromatic nitrogens is 3. The summed E-state index contributed by atoms with van der Waals surface area (Å²) in [4.78, 5) is 31.2. The topological polar surface area (TPSA) is 94.1 Å². The molecule has 37 heavy (non-hydrogen) atoms. The highest BCUT2D eigenvalue weighted by molar-refractivity contribution is 7.99. The number of nitrogens with one attached hydrogen (secondary N) is 1. The molecule has 1 N–H and O–H groups in total. The fourth-order valence-corrected chi connectivity index (χ4v) is 6.37. The lowest BCUT2D eigenvalue weighted by atomic mass is 9.95. The number of ether oxygens (including phenoxy) is 1. The fraction of sp³-hybridized carbons (Fsp3) is 0.250. The number of carbonyl (C=O) groups excluding carboxylic acids is 2. The molecule has 1 aliphatic rings. The molecular weight excluding hydrogens is 504 g/mol. The molecule has 7 nitrogen and oxygen atoms in total. The average Bonchev–Trinajstić information content (AvgIpc) is 3.31. The van der Waals surface area contributed by atoms with E-state index in [-0.39, 0.29) is 12.3 Å². The van der Waals surface area contributed by atoms with Crippen LogP contribution in [0, 0.1) is 0 Å². The molecule has 9 heteroatoms. The van der Waals surface area contributed by atoms with Gasteiger partial charge in [-0.2, -0.15) is 0 Å². The lowest BCUT2D eigenvalue weighted by Crippen LogP contribution is -2.15. The van der Waals surface area contributed by atoms with Gasteiger partial charge in [-0.3, -0.25) is 4.79 Å². The zero-order valence-electron chi connectivity index (χ0n) is 20.4. The molecule has 5 rings (SSSR count). The summed E-state index contributed by atoms with van der Waals surface area (Å²) in [5, 5.41) is 12.9. The van der Waals surface area contributed by atoms with Gasteiger partial charge in [-0.25, -0.2) is 9.78 Å². The number of anilines is 1. The summed E-state index contributed by atoms with van der Waals surface area (Å²) in [7, 11) is 1.37. The van der Waals surface area contributed by atoms with Gasteiger partial charge in [0.1, 0.15) is 16.4 Å². The molecular formula is C28H26N4O3S2. The molecule has 0 spiro atoms. The van der Waals surface area contributed by atoms with Crippen LogP contribution in [0.4, 0.5) is 5.00 Å². The molecule has 0 fully saturated rings. The Balaban J connectivity index is 1.29. The second kappa shape index (κ2) is 11.7. The number of benzene rings is 2. The average molecular weight is 531 g/mol. The minimum atomic E-state index is -0.393. The van der Waals surface area contributed by atoms with E-state index in [9.17, 15) is 9.59 Å². The van der Waals surface area contributed by atoms with E-state index >= 15 is 0 Å². The van der Waals surface area contributed by atoms with Crippen LogP contribution in [-0.4, -0.2) is 39.9 Å². The summed E-state index contributed by atoms with van der Waals surface area (Å²) in [6.07, 6.45) is 4.16. The van der Waals surface area contributed by atoms with Gasteiger partial charge in [-0.1, -0.05) is 72.4 Å². The maximum atomic E-state index is 12.8. The number of hydrogen-bond donors (Lipinski definition) is 1. The first kappa shape index (κ1) is 25.1. The van der Waals surface area contributed by atoms with Crippen molar-refractivity contribution in [1.29, 1.82) is 0 Å². The zero-order valence-corrected chi connectivity index (χ0v) is 22.0. The van der Waals surface area contributed by atoms with Crippen molar-refractivity contribution in [2.75, 3.05) is 18.2 Å². The lowest BCUT2D eigenvalue weighted by Gasteiger charge is -2.11. The lowest BCUT2D eigenvalue weighted by molar-refractivity contribution is -0.115. The number of methoxy groups -OCH3 is 1. The van der Waals surface area contributed by atoms with Gasteiger partial charge in [-0.15, -0.1) is 21.5 Å². The van der Waals surface area contributed by atoms with Crippen LogP contribution in [-0.2, 0) is 22.4 Å². The van der Waals surface area contributed by atoms with E-state index in [2.05, 4.69) is 15.5 Å². The number of amides is 1. The van der Waals surface area contributed by atoms with Crippen molar-refractivity contribution in [3.05, 3.63) is 76.7 Å². The summed E-state index contributed by atoms with van der Waals surface area (Å²) in [5.74, 6) is -0.0747. The van der Waals surface area contributed by atoms with Gasteiger partial charge in [0.15, 0.2) is 0 Å². The third kappa shape index (κ3) is 5.73. The maximum Gasteiger partial charge on any atom is 0.341 e. The standard InChI is InChI=1S/C28H26N4O3S2/c1-35-27(34)23-20-14-8-9-15-21(20)37-26(23)29-22(33)16-17-36-28-30-24(18-10-4-2-5-11-18)25(31-32-28)19-12-6-3-7-13-19/h2-7,10-13H,8-9,14-17H2,1H3,(H,29,33). The number of carbonyl (C=O) groups is 2. The van der Waals surface area contributed by atoms with E-state index in [4.69, 9.17) is 9.72 Å². The Kier molecular flexibility index (Phi) is 7.91. The molecule has 0 saturated heterocycles. The van der Waals surface area contributed by atoms with Gasteiger partial charge in [0, 0.05) is 28.2 Å². The summed E-state index contributed by atoms with van der Waals surface area (Å²) < 4.78 is 5.00. The molecule has 2 aromatic carbocycles. The van der Waals surface area contributed by atoms with Crippen molar-refractivity contribution in [3.8, 4) is 22.5 Å². The number of aryl methyl sites for hydroxylation is 1. The molecule has 0 atom stereocenters. The number of hydrogen-bond acceptors (Lipinski definition) is 8. The van der Waals surface area contributed by atoms with Crippen LogP contribution >= 0.6 is 23.1 Å². The summed E-state index contributed by atoms with van der Waals surface area (Å²) in [6, 6.07) is 19.7. The third-order valence-electron chi connectivity index (χ3n) is 6.14. The van der Waals surface area contributed by atoms with Crippen molar-refractivity contribution in [2.24, 2.45) is 0 Å². The summed E-state index contributed by atoms with van der Waals surface area (Å²) in [5.41, 5.74) is 4.90. The van der Waals surface area contributed by atoms with E-state index in [0.717, 1.165) is 48.1 Å². The van der Waals surface area contributed by atoms with E-state index in [1.807, 2.05) is 60.7 Å². The minimum absolute atomic E-state index is 0.159. The Bertz CT molecular complexity index is 1410. The summed E-state index contributed by atoms with van der Waals surface area (Å²) in [6.45, 7) is 0. The van der Waals surface area contributed by atoms with Crippen LogP contribution in [0.3, 0.4) is 0 Å². The van der Waals surface area contributed by atoms with Crippen LogP contribution < -0.4 is 5.32 Å². The number of fused-ring (bicyclic) bond motifs is 1. The molecule has 0 aliphatic heterocycles. The van der Waals surface area contributed by atoms with E-state index in [1.54, 1.807) is 0 Å². The van der Waals surface area contributed by atoms with Crippen LogP contribution in [0.1, 0.15) is 40.1 Å². The number of thiophene rings is 1. The predicted octanol–water partition coefficient (Wildman–Crippen LogP) is 6.05. The monoisotopic (exact) mass is 530 g/mol. The molecule has 0 saturated carbocycles. The van der Waals surface area contributed by atoms with Gasteiger partial charge < -0.3 is 10.1 Å². The van der Waals surface area contributed by atoms with Crippen molar-refractivity contribution in [3.63, 3.8) is 0 Å². The minimum Gasteiger partial charge on any atom is -0.465 e. The first-order valence-corrected chi connectivity index (χ1v) is 14.0. The highest BCUT2D eigenvalue weighted by Gasteiger charge is 2.27. The Labute approximate surface area is 223 Å². The van der Waals surface area contributed by atoms with Gasteiger partial charge in [0.05, 0.1) is 12.7 Å². The Morgan fingerprint density at radius 3 is 2.32 bits per heavy atom. The highest BCUT2D eigenvalue weighted by Crippen LogP contribution is 2.38. The normalized spacial score (nSPS) is 12.6. The van der Waals surface area contributed by atoms with Gasteiger partial charge in [0.2, 0.25) is 11.1 Å². The molecule has 0 unspecified atom stereocenters. The molecule has 1 aliphatic carbocycles. The fourth-order valence-electron chi connectivity index (χ4n) is 4.36. The largest absolute Gasteiger partial charge is 0.465 e. The highest BCUT2D eigenvalue weighted by atomic mass is 32.2. The van der Waals surface area contributed by atoms with Crippen molar-refractivity contribution < 1.29 is 14.3 Å². The maximum absolute atomic E-state index is 12.8. The van der Waals surface area contributed by atoms with Gasteiger partial charge in [0.25, 0.3) is 0 Å². The van der Waals surface area contributed by atoms with Crippen molar-refractivity contribution in [1.82, 2.24) is 15.2 Å². The number of nitrogens with zero attached hydrogens (tertiary/aromatic N) is 3. The molecule has 2 heterocycles. The Morgan fingerprint density at radius 2 is 1.62 bits per heavy atom. The first-order valence-electron chi connectivity index (χ1n) is 12.1. The SMILES string of the molecule is COC(=O)c1c(NC(=O)CCSc2nnc(-c3ccccc3)c(-c3ccccc3)n2)sc2c1CCCC2. The van der Waals surface area contributed by atoms with Gasteiger partial charge in [-0.05, 0) is 31.2 Å². The third-order valence-corrected chi connectivity index (χ3v) is 8.18. The molecule has 1 amide bonds. The summed E-state index contributed by atoms with van der Waals surface area (Å²) >= 11 is 2.87. The van der Waals surface area contributed by atoms with E-state index < -0.39 is 5.97 Å². The smallest absolute Gasteiger partial charge is 0.341 e. The second-order valence-electron chi connectivity index (χ2n) is 8.58. The Morgan fingerprint density at radius 1 is 0.946 bits per heavy atom. The molecule has 188 valence electrons. The molecule has 4 aromatic rings. The van der Waals surface area contributed by atoms with E-state index in [1.165, 1.54) is 35.1 Å². The predicted molar refractivity (Wildman–Crippen MR) is 147 cm³/mol. The van der Waals surface area contributed by atoms with Crippen LogP contribution in [0.15, 0.2) is 65.8 Å². The van der Waals surface area contributed by atoms with Crippen molar-refractivity contribution >= 4 is 40.0 Å². The second-order valence-corrected chi connectivity index (χ2v) is 10.7. The van der Waals surface area contributed by atoms with Gasteiger partial charge >= 0.3 is 5.97 Å². The number of rotatable bonds is 8. The molecule has 0 radical (unpaired) electrons. The first-order chi connectivity index (χ1) is 18.1.